The summed E-state index contributed by atoms with van der Waals surface area (Å²) in [6.45, 7) is 9.94. The lowest BCUT2D eigenvalue weighted by Crippen LogP contribution is -2.48. The van der Waals surface area contributed by atoms with Crippen molar-refractivity contribution in [2.24, 2.45) is 5.92 Å². The van der Waals surface area contributed by atoms with Crippen LogP contribution in [0.25, 0.3) is 0 Å². The van der Waals surface area contributed by atoms with Gasteiger partial charge in [0.25, 0.3) is 0 Å². The third-order valence-electron chi connectivity index (χ3n) is 5.55. The number of likely N-dealkylation sites (tertiary alicyclic amines) is 1. The van der Waals surface area contributed by atoms with Gasteiger partial charge in [-0.2, -0.15) is 11.8 Å². The van der Waals surface area contributed by atoms with Crippen LogP contribution in [0.3, 0.4) is 0 Å². The van der Waals surface area contributed by atoms with Crippen LogP contribution >= 0.6 is 11.8 Å². The summed E-state index contributed by atoms with van der Waals surface area (Å²) in [5.74, 6) is 2.48. The van der Waals surface area contributed by atoms with E-state index in [0.717, 1.165) is 37.3 Å². The second-order valence-corrected chi connectivity index (χ2v) is 9.07. The molecule has 3 rings (SSSR count). The standard InChI is InChI=1S/C21H31N3O2S/c1-15(2)20(24-9-5-8-19(24)25)21(26)22-18-7-4-6-17(16(18)3)14-23-10-12-27-13-11-23/h4,6-7,15,20H,5,8-14H2,1-3H3,(H,22,26). The van der Waals surface area contributed by atoms with Gasteiger partial charge in [-0.15, -0.1) is 0 Å². The number of nitrogens with zero attached hydrogens (tertiary/aromatic N) is 2. The van der Waals surface area contributed by atoms with Gasteiger partial charge in [0.2, 0.25) is 11.8 Å². The molecule has 1 N–H and O–H groups in total. The molecule has 1 atom stereocenters. The predicted molar refractivity (Wildman–Crippen MR) is 112 cm³/mol. The van der Waals surface area contributed by atoms with Crippen LogP contribution in [0.2, 0.25) is 0 Å². The van der Waals surface area contributed by atoms with Gasteiger partial charge in [0.1, 0.15) is 6.04 Å². The van der Waals surface area contributed by atoms with Gasteiger partial charge in [0, 0.05) is 49.8 Å². The maximum Gasteiger partial charge on any atom is 0.247 e. The van der Waals surface area contributed by atoms with Crippen molar-refractivity contribution in [1.82, 2.24) is 9.80 Å². The van der Waals surface area contributed by atoms with E-state index in [4.69, 9.17) is 0 Å². The van der Waals surface area contributed by atoms with Crippen LogP contribution in [0, 0.1) is 12.8 Å². The third-order valence-corrected chi connectivity index (χ3v) is 6.49. The van der Waals surface area contributed by atoms with E-state index in [2.05, 4.69) is 23.2 Å². The molecule has 2 aliphatic heterocycles. The van der Waals surface area contributed by atoms with Crippen LogP contribution in [-0.4, -0.2) is 58.8 Å². The quantitative estimate of drug-likeness (QED) is 0.812. The van der Waals surface area contributed by atoms with Gasteiger partial charge in [0.15, 0.2) is 0 Å². The van der Waals surface area contributed by atoms with E-state index >= 15 is 0 Å². The zero-order chi connectivity index (χ0) is 19.4. The Hall–Kier alpha value is -1.53. The molecule has 0 saturated carbocycles. The van der Waals surface area contributed by atoms with E-state index in [-0.39, 0.29) is 17.7 Å². The van der Waals surface area contributed by atoms with Crippen molar-refractivity contribution in [3.8, 4) is 0 Å². The fraction of sp³-hybridized carbons (Fsp3) is 0.619. The molecule has 1 aromatic rings. The van der Waals surface area contributed by atoms with Crippen LogP contribution in [0.15, 0.2) is 18.2 Å². The van der Waals surface area contributed by atoms with Crippen LogP contribution < -0.4 is 5.32 Å². The zero-order valence-corrected chi connectivity index (χ0v) is 17.5. The molecule has 148 valence electrons. The van der Waals surface area contributed by atoms with Crippen LogP contribution in [0.1, 0.15) is 37.8 Å². The van der Waals surface area contributed by atoms with Crippen molar-refractivity contribution in [3.63, 3.8) is 0 Å². The minimum absolute atomic E-state index is 0.0742. The Balaban J connectivity index is 1.72. The fourth-order valence-electron chi connectivity index (χ4n) is 3.96. The molecule has 0 aliphatic carbocycles. The van der Waals surface area contributed by atoms with Gasteiger partial charge in [-0.3, -0.25) is 14.5 Å². The third kappa shape index (κ3) is 4.85. The molecule has 2 fully saturated rings. The summed E-state index contributed by atoms with van der Waals surface area (Å²) in [7, 11) is 0. The smallest absolute Gasteiger partial charge is 0.247 e. The normalized spacial score (nSPS) is 19.6. The van der Waals surface area contributed by atoms with E-state index in [1.807, 2.05) is 37.7 Å². The highest BCUT2D eigenvalue weighted by atomic mass is 32.2. The first-order valence-electron chi connectivity index (χ1n) is 9.96. The molecule has 0 bridgehead atoms. The van der Waals surface area contributed by atoms with Gasteiger partial charge in [-0.05, 0) is 36.5 Å². The zero-order valence-electron chi connectivity index (χ0n) is 16.7. The molecule has 2 aliphatic rings. The van der Waals surface area contributed by atoms with Crippen LogP contribution in [0.5, 0.6) is 0 Å². The lowest BCUT2D eigenvalue weighted by molar-refractivity contribution is -0.136. The van der Waals surface area contributed by atoms with E-state index < -0.39 is 6.04 Å². The number of carbonyl (C=O) groups excluding carboxylic acids is 2. The first-order chi connectivity index (χ1) is 13.0. The van der Waals surface area contributed by atoms with Crippen molar-refractivity contribution in [3.05, 3.63) is 29.3 Å². The Labute approximate surface area is 166 Å². The Morgan fingerprint density at radius 3 is 2.59 bits per heavy atom. The van der Waals surface area contributed by atoms with Gasteiger partial charge in [0.05, 0.1) is 0 Å². The van der Waals surface area contributed by atoms with Gasteiger partial charge >= 0.3 is 0 Å². The molecule has 0 aromatic heterocycles. The molecule has 0 spiro atoms. The van der Waals surface area contributed by atoms with Gasteiger partial charge in [-0.1, -0.05) is 26.0 Å². The van der Waals surface area contributed by atoms with Crippen molar-refractivity contribution < 1.29 is 9.59 Å². The molecule has 1 unspecified atom stereocenters. The van der Waals surface area contributed by atoms with Crippen LogP contribution in [0.4, 0.5) is 5.69 Å². The number of hydrogen-bond acceptors (Lipinski definition) is 4. The maximum atomic E-state index is 13.0. The highest BCUT2D eigenvalue weighted by Gasteiger charge is 2.35. The maximum absolute atomic E-state index is 13.0. The number of nitrogens with one attached hydrogen (secondary N) is 1. The SMILES string of the molecule is Cc1c(CN2CCSCC2)cccc1NC(=O)C(C(C)C)N1CCCC1=O. The summed E-state index contributed by atoms with van der Waals surface area (Å²) in [6.07, 6.45) is 1.40. The molecule has 0 radical (unpaired) electrons. The molecule has 2 saturated heterocycles. The molecule has 2 heterocycles. The lowest BCUT2D eigenvalue weighted by atomic mass is 10.0. The van der Waals surface area contributed by atoms with E-state index in [1.165, 1.54) is 17.1 Å². The molecule has 27 heavy (non-hydrogen) atoms. The number of hydrogen-bond donors (Lipinski definition) is 1. The summed E-state index contributed by atoms with van der Waals surface area (Å²) < 4.78 is 0. The molecule has 5 nitrogen and oxygen atoms in total. The minimum atomic E-state index is -0.401. The number of amides is 2. The highest BCUT2D eigenvalue weighted by Crippen LogP contribution is 2.24. The predicted octanol–water partition coefficient (Wildman–Crippen LogP) is 3.13. The Kier molecular flexibility index (Phi) is 6.82. The van der Waals surface area contributed by atoms with Crippen molar-refractivity contribution >= 4 is 29.3 Å². The number of carbonyl (C=O) groups is 2. The number of anilines is 1. The molecule has 2 amide bonds. The van der Waals surface area contributed by atoms with Crippen molar-refractivity contribution in [2.75, 3.05) is 36.5 Å². The summed E-state index contributed by atoms with van der Waals surface area (Å²) in [5, 5.41) is 3.11. The first-order valence-corrected chi connectivity index (χ1v) is 11.1. The molecule has 6 heteroatoms. The Morgan fingerprint density at radius 2 is 1.96 bits per heavy atom. The monoisotopic (exact) mass is 389 g/mol. The van der Waals surface area contributed by atoms with Gasteiger partial charge < -0.3 is 10.2 Å². The second-order valence-electron chi connectivity index (χ2n) is 7.85. The Bertz CT molecular complexity index is 686. The average molecular weight is 390 g/mol. The largest absolute Gasteiger partial charge is 0.330 e. The summed E-state index contributed by atoms with van der Waals surface area (Å²) >= 11 is 2.01. The fourth-order valence-corrected chi connectivity index (χ4v) is 4.94. The molecular formula is C21H31N3O2S. The first kappa shape index (κ1) is 20.2. The lowest BCUT2D eigenvalue weighted by Gasteiger charge is -2.30. The van der Waals surface area contributed by atoms with Gasteiger partial charge in [-0.25, -0.2) is 0 Å². The number of benzene rings is 1. The summed E-state index contributed by atoms with van der Waals surface area (Å²) in [5.41, 5.74) is 3.25. The second kappa shape index (κ2) is 9.11. The molecular weight excluding hydrogens is 358 g/mol. The number of rotatable bonds is 6. The Morgan fingerprint density at radius 1 is 1.22 bits per heavy atom. The van der Waals surface area contributed by atoms with E-state index in [0.29, 0.717) is 13.0 Å². The van der Waals surface area contributed by atoms with E-state index in [1.54, 1.807) is 4.90 Å². The number of thioether (sulfide) groups is 1. The molecule has 1 aromatic carbocycles. The van der Waals surface area contributed by atoms with Crippen molar-refractivity contribution in [1.29, 1.82) is 0 Å². The summed E-state index contributed by atoms with van der Waals surface area (Å²) in [6, 6.07) is 5.73. The average Bonchev–Trinajstić information content (AvgIpc) is 3.05. The minimum Gasteiger partial charge on any atom is -0.330 e. The highest BCUT2D eigenvalue weighted by molar-refractivity contribution is 7.99. The van der Waals surface area contributed by atoms with Crippen LogP contribution in [-0.2, 0) is 16.1 Å². The van der Waals surface area contributed by atoms with Crippen molar-refractivity contribution in [2.45, 2.75) is 46.2 Å². The van der Waals surface area contributed by atoms with E-state index in [9.17, 15) is 9.59 Å². The summed E-state index contributed by atoms with van der Waals surface area (Å²) in [4.78, 5) is 29.4. The topological polar surface area (TPSA) is 52.7 Å².